The number of benzene rings is 1. The van der Waals surface area contributed by atoms with E-state index in [0.29, 0.717) is 17.9 Å². The third-order valence-electron chi connectivity index (χ3n) is 2.63. The molecular weight excluding hydrogens is 281 g/mol. The molecule has 2 unspecified atom stereocenters. The van der Waals surface area contributed by atoms with Crippen molar-refractivity contribution in [3.8, 4) is 5.75 Å². The second-order valence-corrected chi connectivity index (χ2v) is 5.20. The average molecular weight is 294 g/mol. The van der Waals surface area contributed by atoms with Gasteiger partial charge in [0, 0.05) is 11.5 Å². The minimum Gasteiger partial charge on any atom is -0.406 e. The van der Waals surface area contributed by atoms with Crippen molar-refractivity contribution < 1.29 is 27.8 Å². The molecule has 0 saturated carbocycles. The van der Waals surface area contributed by atoms with Crippen LogP contribution < -0.4 is 4.74 Å². The molecule has 0 spiro atoms. The lowest BCUT2D eigenvalue weighted by atomic mass is 10.1. The van der Waals surface area contributed by atoms with Crippen LogP contribution in [0.15, 0.2) is 24.3 Å². The number of aliphatic hydroxyl groups is 1. The van der Waals surface area contributed by atoms with E-state index >= 15 is 0 Å². The Kier molecular flexibility index (Phi) is 4.59. The van der Waals surface area contributed by atoms with Crippen LogP contribution in [-0.2, 0) is 4.74 Å². The van der Waals surface area contributed by atoms with Crippen molar-refractivity contribution in [3.63, 3.8) is 0 Å². The predicted octanol–water partition coefficient (Wildman–Crippen LogP) is 2.75. The molecule has 106 valence electrons. The highest BCUT2D eigenvalue weighted by Gasteiger charge is 2.31. The van der Waals surface area contributed by atoms with Gasteiger partial charge < -0.3 is 14.6 Å². The maximum absolute atomic E-state index is 12.1. The molecule has 0 aromatic heterocycles. The van der Waals surface area contributed by atoms with Crippen molar-refractivity contribution in [3.05, 3.63) is 29.8 Å². The number of ether oxygens (including phenoxy) is 2. The third-order valence-corrected chi connectivity index (χ3v) is 3.65. The summed E-state index contributed by atoms with van der Waals surface area (Å²) in [6, 6.07) is 5.34. The van der Waals surface area contributed by atoms with Gasteiger partial charge in [-0.15, -0.1) is 13.2 Å². The lowest BCUT2D eigenvalue weighted by Gasteiger charge is -2.27. The second kappa shape index (κ2) is 6.02. The van der Waals surface area contributed by atoms with Crippen molar-refractivity contribution >= 4 is 11.8 Å². The first-order valence-corrected chi connectivity index (χ1v) is 6.84. The van der Waals surface area contributed by atoms with E-state index < -0.39 is 18.6 Å². The lowest BCUT2D eigenvalue weighted by Crippen LogP contribution is -2.29. The normalized spacial score (nSPS) is 22.0. The van der Waals surface area contributed by atoms with Crippen LogP contribution in [0.5, 0.6) is 5.75 Å². The van der Waals surface area contributed by atoms with E-state index in [9.17, 15) is 18.3 Å². The number of rotatable bonds is 3. The first-order chi connectivity index (χ1) is 8.96. The van der Waals surface area contributed by atoms with Gasteiger partial charge in [0.15, 0.2) is 0 Å². The van der Waals surface area contributed by atoms with Crippen LogP contribution >= 0.6 is 11.8 Å². The molecule has 0 radical (unpaired) electrons. The topological polar surface area (TPSA) is 38.7 Å². The van der Waals surface area contributed by atoms with Gasteiger partial charge in [0.1, 0.15) is 11.9 Å². The molecule has 1 aromatic carbocycles. The maximum atomic E-state index is 12.1. The van der Waals surface area contributed by atoms with Crippen LogP contribution in [0.3, 0.4) is 0 Å². The van der Waals surface area contributed by atoms with E-state index in [1.807, 2.05) is 0 Å². The first-order valence-electron chi connectivity index (χ1n) is 5.69. The fourth-order valence-electron chi connectivity index (χ4n) is 1.80. The highest BCUT2D eigenvalue weighted by molar-refractivity contribution is 7.99. The highest BCUT2D eigenvalue weighted by Crippen LogP contribution is 2.29. The van der Waals surface area contributed by atoms with Crippen molar-refractivity contribution in [2.75, 3.05) is 18.1 Å². The number of hydrogen-bond acceptors (Lipinski definition) is 4. The summed E-state index contributed by atoms with van der Waals surface area (Å²) in [5.74, 6) is 1.14. The number of halogens is 3. The Bertz CT molecular complexity index is 419. The van der Waals surface area contributed by atoms with Gasteiger partial charge in [0.25, 0.3) is 0 Å². The summed E-state index contributed by atoms with van der Waals surface area (Å²) in [6.45, 7) is 0.533. The molecule has 0 amide bonds. The summed E-state index contributed by atoms with van der Waals surface area (Å²) in [5, 5.41) is 10.1. The molecule has 1 aliphatic rings. The van der Waals surface area contributed by atoms with Crippen molar-refractivity contribution in [1.29, 1.82) is 0 Å². The molecule has 3 nitrogen and oxygen atoms in total. The quantitative estimate of drug-likeness (QED) is 0.930. The van der Waals surface area contributed by atoms with Gasteiger partial charge in [-0.1, -0.05) is 12.1 Å². The summed E-state index contributed by atoms with van der Waals surface area (Å²) >= 11 is 1.64. The van der Waals surface area contributed by atoms with Gasteiger partial charge in [-0.05, 0) is 17.7 Å². The maximum Gasteiger partial charge on any atom is 0.573 e. The van der Waals surface area contributed by atoms with E-state index in [1.165, 1.54) is 18.2 Å². The van der Waals surface area contributed by atoms with Crippen molar-refractivity contribution in [2.45, 2.75) is 18.6 Å². The third kappa shape index (κ3) is 4.29. The van der Waals surface area contributed by atoms with Gasteiger partial charge in [-0.25, -0.2) is 0 Å². The molecule has 1 fully saturated rings. The monoisotopic (exact) mass is 294 g/mol. The number of thioether (sulfide) groups is 1. The molecule has 0 aliphatic carbocycles. The van der Waals surface area contributed by atoms with E-state index in [-0.39, 0.29) is 5.75 Å². The number of aliphatic hydroxyl groups excluding tert-OH is 1. The van der Waals surface area contributed by atoms with Gasteiger partial charge in [0.05, 0.1) is 12.7 Å². The van der Waals surface area contributed by atoms with Crippen LogP contribution in [-0.4, -0.2) is 35.7 Å². The fraction of sp³-hybridized carbons (Fsp3) is 0.500. The van der Waals surface area contributed by atoms with E-state index in [4.69, 9.17) is 4.74 Å². The smallest absolute Gasteiger partial charge is 0.406 e. The molecule has 1 aromatic rings. The summed E-state index contributed by atoms with van der Waals surface area (Å²) in [7, 11) is 0. The van der Waals surface area contributed by atoms with Crippen LogP contribution in [0.1, 0.15) is 11.7 Å². The molecular formula is C12H13F3O3S. The van der Waals surface area contributed by atoms with Crippen LogP contribution in [0.4, 0.5) is 13.2 Å². The molecule has 2 atom stereocenters. The zero-order valence-corrected chi connectivity index (χ0v) is 10.7. The minimum atomic E-state index is -4.74. The molecule has 1 N–H and O–H groups in total. The number of alkyl halides is 3. The summed E-state index contributed by atoms with van der Waals surface area (Å²) in [4.78, 5) is 0. The number of hydrogen-bond donors (Lipinski definition) is 1. The Balaban J connectivity index is 2.09. The fourth-order valence-corrected chi connectivity index (χ4v) is 2.69. The van der Waals surface area contributed by atoms with Crippen LogP contribution in [0.25, 0.3) is 0 Å². The van der Waals surface area contributed by atoms with Crippen LogP contribution in [0, 0.1) is 0 Å². The average Bonchev–Trinajstić information content (AvgIpc) is 2.37. The van der Waals surface area contributed by atoms with Gasteiger partial charge in [-0.3, -0.25) is 0 Å². The van der Waals surface area contributed by atoms with Crippen molar-refractivity contribution in [2.24, 2.45) is 0 Å². The minimum absolute atomic E-state index is 0.340. The Morgan fingerprint density at radius 2 is 2.21 bits per heavy atom. The lowest BCUT2D eigenvalue weighted by molar-refractivity contribution is -0.274. The Hall–Kier alpha value is -0.920. The van der Waals surface area contributed by atoms with Crippen molar-refractivity contribution in [1.82, 2.24) is 0 Å². The molecule has 0 bridgehead atoms. The molecule has 19 heavy (non-hydrogen) atoms. The van der Waals surface area contributed by atoms with Crippen LogP contribution in [0.2, 0.25) is 0 Å². The van der Waals surface area contributed by atoms with Gasteiger partial charge in [-0.2, -0.15) is 11.8 Å². The summed E-state index contributed by atoms with van der Waals surface area (Å²) in [5.41, 5.74) is 0.356. The Morgan fingerprint density at radius 3 is 2.84 bits per heavy atom. The Morgan fingerprint density at radius 1 is 1.42 bits per heavy atom. The molecule has 2 rings (SSSR count). The predicted molar refractivity (Wildman–Crippen MR) is 65.1 cm³/mol. The molecule has 1 aliphatic heterocycles. The first kappa shape index (κ1) is 14.5. The zero-order valence-electron chi connectivity index (χ0n) is 9.89. The molecule has 1 saturated heterocycles. The summed E-state index contributed by atoms with van der Waals surface area (Å²) in [6.07, 6.45) is -6.09. The largest absolute Gasteiger partial charge is 0.573 e. The summed E-state index contributed by atoms with van der Waals surface area (Å²) < 4.78 is 45.6. The SMILES string of the molecule is OC(c1cccc(OC(F)(F)F)c1)C1CSCCO1. The second-order valence-electron chi connectivity index (χ2n) is 4.05. The van der Waals surface area contributed by atoms with E-state index in [0.717, 1.165) is 5.75 Å². The van der Waals surface area contributed by atoms with Gasteiger partial charge >= 0.3 is 6.36 Å². The van der Waals surface area contributed by atoms with E-state index in [2.05, 4.69) is 4.74 Å². The highest BCUT2D eigenvalue weighted by atomic mass is 32.2. The van der Waals surface area contributed by atoms with E-state index in [1.54, 1.807) is 17.8 Å². The standard InChI is InChI=1S/C12H13F3O3S/c13-12(14,15)18-9-3-1-2-8(6-9)11(16)10-7-19-5-4-17-10/h1-3,6,10-11,16H,4-5,7H2. The molecule has 1 heterocycles. The molecule has 7 heteroatoms. The van der Waals surface area contributed by atoms with Gasteiger partial charge in [0.2, 0.25) is 0 Å². The Labute approximate surface area is 112 Å². The zero-order chi connectivity index (χ0) is 13.9.